The predicted octanol–water partition coefficient (Wildman–Crippen LogP) is 6.06. The summed E-state index contributed by atoms with van der Waals surface area (Å²) in [6.07, 6.45) is 7.61. The summed E-state index contributed by atoms with van der Waals surface area (Å²) in [4.78, 5) is 68.6. The van der Waals surface area contributed by atoms with Crippen molar-refractivity contribution in [3.05, 3.63) is 135 Å². The van der Waals surface area contributed by atoms with Crippen LogP contribution in [0.15, 0.2) is 101 Å². The molecule has 26 heteroatoms. The molecule has 3 amide bonds. The maximum absolute atomic E-state index is 15.9. The van der Waals surface area contributed by atoms with Crippen LogP contribution in [0.3, 0.4) is 0 Å². The Balaban J connectivity index is 0.830. The number of halogens is 4. The number of aromatic nitrogens is 5. The quantitative estimate of drug-likeness (QED) is 0.0475. The average Bonchev–Trinajstić information content (AvgIpc) is 3.47. The summed E-state index contributed by atoms with van der Waals surface area (Å²) in [6, 6.07) is 14.1. The molecule has 0 radical (unpaired) electrons. The van der Waals surface area contributed by atoms with E-state index in [1.54, 1.807) is 16.8 Å². The number of aliphatic hydroxyl groups is 1. The number of pyridine rings is 2. The van der Waals surface area contributed by atoms with Crippen molar-refractivity contribution in [2.75, 3.05) is 66.1 Å². The molecular formula is C56H62ClF3N12O9S. The van der Waals surface area contributed by atoms with E-state index in [0.717, 1.165) is 82.6 Å². The zero-order chi connectivity index (χ0) is 58.1. The van der Waals surface area contributed by atoms with E-state index in [1.165, 1.54) is 53.2 Å². The van der Waals surface area contributed by atoms with Gasteiger partial charge >= 0.3 is 0 Å². The third-order valence-electron chi connectivity index (χ3n) is 14.6. The van der Waals surface area contributed by atoms with Crippen LogP contribution in [0.5, 0.6) is 0 Å². The third kappa shape index (κ3) is 13.7. The molecule has 1 saturated carbocycles. The van der Waals surface area contributed by atoms with E-state index >= 15 is 9.18 Å². The minimum atomic E-state index is -4.59. The largest absolute Gasteiger partial charge is 0.396 e. The number of carbonyl (C=O) groups excluding carboxylic acids is 3. The molecule has 1 aliphatic carbocycles. The number of piperidine rings is 1. The van der Waals surface area contributed by atoms with E-state index in [-0.39, 0.29) is 92.5 Å². The lowest BCUT2D eigenvalue weighted by molar-refractivity contribution is -0.133. The Morgan fingerprint density at radius 2 is 1.79 bits per heavy atom. The molecule has 3 aliphatic rings. The first-order chi connectivity index (χ1) is 39.5. The first-order valence-corrected chi connectivity index (χ1v) is 28.9. The summed E-state index contributed by atoms with van der Waals surface area (Å²) >= 11 is 6.66. The van der Waals surface area contributed by atoms with Gasteiger partial charge in [-0.05, 0) is 80.5 Å². The van der Waals surface area contributed by atoms with Crippen LogP contribution in [0.25, 0.3) is 5.65 Å². The normalized spacial score (nSPS) is 17.6. The lowest BCUT2D eigenvalue weighted by Crippen LogP contribution is -2.56. The maximum atomic E-state index is 15.9. The molecule has 6 heterocycles. The lowest BCUT2D eigenvalue weighted by Gasteiger charge is -2.39. The van der Waals surface area contributed by atoms with Gasteiger partial charge in [-0.3, -0.25) is 29.0 Å². The van der Waals surface area contributed by atoms with Crippen LogP contribution in [0, 0.1) is 17.1 Å². The highest BCUT2D eigenvalue weighted by Crippen LogP contribution is 2.41. The lowest BCUT2D eigenvalue weighted by atomic mass is 9.87. The molecule has 2 aromatic carbocycles. The molecule has 2 aliphatic heterocycles. The first kappa shape index (κ1) is 59.2. The van der Waals surface area contributed by atoms with Gasteiger partial charge in [-0.2, -0.15) is 14.9 Å². The molecule has 82 heavy (non-hydrogen) atoms. The second-order valence-corrected chi connectivity index (χ2v) is 22.4. The number of sulfonamides is 1. The molecule has 6 aromatic rings. The molecule has 2 saturated heterocycles. The number of amides is 3. The number of ether oxygens (including phenoxy) is 2. The zero-order valence-electron chi connectivity index (χ0n) is 44.9. The monoisotopic (exact) mass is 1170 g/mol. The Morgan fingerprint density at radius 3 is 2.55 bits per heavy atom. The second kappa shape index (κ2) is 26.2. The highest BCUT2D eigenvalue weighted by molar-refractivity contribution is 7.89. The standard InChI is InChI=1S/C56H62ClF3N12O9S/c1-2-38-34-64-72-48(29-49(67-53(38)72)69-18-6-5-7-41(69)15-20-73)63-33-37-10-12-50(74)68(35-37)19-22-81-24-23-80-21-17-65-82(78,79)43-27-39(58)26-42(28-43)70(55(77)46-11-13-51(75)71(46)47-25-36(32-61)14-16-62-47)52(44-8-3-4-9-45(44)57)54(76)66-40-30-56(59,60)31-40/h3-4,8-10,12,14,16,25-29,34-35,40-41,46,52,63,65,73H,2,5-7,11,13,15,17-24,30-31,33H2,1H3,(H,66,76)/t41-,46-,52?/m0/s1. The number of benzene rings is 2. The van der Waals surface area contributed by atoms with E-state index in [2.05, 4.69) is 37.3 Å². The number of rotatable bonds is 25. The molecule has 3 atom stereocenters. The smallest absolute Gasteiger partial charge is 0.252 e. The predicted molar refractivity (Wildman–Crippen MR) is 298 cm³/mol. The molecule has 0 bridgehead atoms. The molecule has 1 unspecified atom stereocenters. The minimum Gasteiger partial charge on any atom is -0.396 e. The van der Waals surface area contributed by atoms with Crippen LogP contribution in [-0.4, -0.2) is 126 Å². The Hall–Kier alpha value is -7.47. The number of anilines is 4. The summed E-state index contributed by atoms with van der Waals surface area (Å²) in [5, 5.41) is 29.9. The van der Waals surface area contributed by atoms with E-state index < -0.39 is 81.0 Å². The van der Waals surface area contributed by atoms with Crippen LogP contribution in [0.4, 0.5) is 36.3 Å². The maximum Gasteiger partial charge on any atom is 0.252 e. The number of nitrogens with zero attached hydrogens (tertiary/aromatic N) is 9. The van der Waals surface area contributed by atoms with Crippen LogP contribution in [0.1, 0.15) is 86.6 Å². The van der Waals surface area contributed by atoms with Gasteiger partial charge in [0.2, 0.25) is 21.8 Å². The average molecular weight is 1170 g/mol. The highest BCUT2D eigenvalue weighted by atomic mass is 35.5. The van der Waals surface area contributed by atoms with Crippen LogP contribution >= 0.6 is 11.6 Å². The number of alkyl halides is 2. The van der Waals surface area contributed by atoms with E-state index in [1.807, 2.05) is 18.3 Å². The fourth-order valence-electron chi connectivity index (χ4n) is 10.5. The fourth-order valence-corrected chi connectivity index (χ4v) is 11.8. The molecule has 9 rings (SSSR count). The molecule has 3 fully saturated rings. The molecule has 434 valence electrons. The number of carbonyl (C=O) groups is 3. The van der Waals surface area contributed by atoms with Crippen molar-refractivity contribution in [3.63, 3.8) is 0 Å². The van der Waals surface area contributed by atoms with Gasteiger partial charge in [-0.1, -0.05) is 42.8 Å². The van der Waals surface area contributed by atoms with Crippen LogP contribution < -0.4 is 35.6 Å². The Morgan fingerprint density at radius 1 is 1.00 bits per heavy atom. The highest BCUT2D eigenvalue weighted by Gasteiger charge is 2.49. The SMILES string of the molecule is CCc1cnn2c(NCc3ccc(=O)n(CCOCCOCCNS(=O)(=O)c4cc(F)cc(N(C(=O)[C@@H]5CCC(=O)N5c5cc(C#N)ccn5)C(C(=O)NC5CC(F)(F)C5)c5ccccc5Cl)c4)c3)cc(N3CCCC[C@H]3CCO)nc12. The van der Waals surface area contributed by atoms with Crippen molar-refractivity contribution in [2.24, 2.45) is 0 Å². The molecular weight excluding hydrogens is 1110 g/mol. The molecule has 4 aromatic heterocycles. The third-order valence-corrected chi connectivity index (χ3v) is 16.4. The molecule has 0 spiro atoms. The van der Waals surface area contributed by atoms with E-state index in [9.17, 15) is 42.0 Å². The number of fused-ring (bicyclic) bond motifs is 1. The van der Waals surface area contributed by atoms with Crippen LogP contribution in [-0.2, 0) is 53.4 Å². The van der Waals surface area contributed by atoms with Crippen molar-refractivity contribution >= 4 is 68.1 Å². The van der Waals surface area contributed by atoms with Crippen molar-refractivity contribution < 1.29 is 50.6 Å². The Labute approximate surface area is 476 Å². The second-order valence-electron chi connectivity index (χ2n) is 20.2. The van der Waals surface area contributed by atoms with Gasteiger partial charge < -0.3 is 34.7 Å². The molecule has 21 nitrogen and oxygen atoms in total. The van der Waals surface area contributed by atoms with Crippen molar-refractivity contribution in [1.82, 2.24) is 34.2 Å². The summed E-state index contributed by atoms with van der Waals surface area (Å²) in [6.45, 7) is 3.40. The first-order valence-electron chi connectivity index (χ1n) is 27.1. The number of nitrogens with one attached hydrogen (secondary N) is 3. The zero-order valence-corrected chi connectivity index (χ0v) is 46.4. The fraction of sp³-hybridized carbons (Fsp3) is 0.429. The van der Waals surface area contributed by atoms with Crippen LogP contribution in [0.2, 0.25) is 5.02 Å². The minimum absolute atomic E-state index is 0.0261. The van der Waals surface area contributed by atoms with Crippen molar-refractivity contribution in [1.29, 1.82) is 5.26 Å². The molecule has 4 N–H and O–H groups in total. The number of hydrogen-bond acceptors (Lipinski definition) is 15. The number of hydrogen-bond donors (Lipinski definition) is 4. The van der Waals surface area contributed by atoms with Gasteiger partial charge in [-0.25, -0.2) is 36.3 Å². The summed E-state index contributed by atoms with van der Waals surface area (Å²) in [5.74, 6) is -5.28. The van der Waals surface area contributed by atoms with Gasteiger partial charge in [0.15, 0.2) is 5.65 Å². The Bertz CT molecular complexity index is 3520. The van der Waals surface area contributed by atoms with Crippen molar-refractivity contribution in [2.45, 2.75) is 113 Å². The Kier molecular flexibility index (Phi) is 18.9. The summed E-state index contributed by atoms with van der Waals surface area (Å²) in [5.41, 5.74) is 1.99. The summed E-state index contributed by atoms with van der Waals surface area (Å²) < 4.78 is 88.8. The van der Waals surface area contributed by atoms with Gasteiger partial charge in [0, 0.05) is 110 Å². The van der Waals surface area contributed by atoms with Gasteiger partial charge in [0.25, 0.3) is 17.4 Å². The number of nitriles is 1. The number of aryl methyl sites for hydroxylation is 1. The van der Waals surface area contributed by atoms with Gasteiger partial charge in [0.1, 0.15) is 35.4 Å². The summed E-state index contributed by atoms with van der Waals surface area (Å²) in [7, 11) is -4.59. The van der Waals surface area contributed by atoms with Crippen molar-refractivity contribution in [3.8, 4) is 6.07 Å². The topological polar surface area (TPSA) is 259 Å². The van der Waals surface area contributed by atoms with E-state index in [0.29, 0.717) is 19.0 Å². The van der Waals surface area contributed by atoms with E-state index in [4.69, 9.17) is 26.1 Å². The van der Waals surface area contributed by atoms with Gasteiger partial charge in [0.05, 0.1) is 49.2 Å². The van der Waals surface area contributed by atoms with Gasteiger partial charge in [-0.15, -0.1) is 0 Å². The number of aliphatic hydroxyl groups excluding tert-OH is 1.